The van der Waals surface area contributed by atoms with Gasteiger partial charge < -0.3 is 10.6 Å². The van der Waals surface area contributed by atoms with Gasteiger partial charge in [-0.2, -0.15) is 0 Å². The minimum Gasteiger partial charge on any atom is -0.360 e. The Kier molecular flexibility index (Phi) is 7.56. The Morgan fingerprint density at radius 2 is 2.16 bits per heavy atom. The van der Waals surface area contributed by atoms with Crippen LogP contribution in [0.3, 0.4) is 0 Å². The molecule has 25 heavy (non-hydrogen) atoms. The molecule has 0 bridgehead atoms. The fraction of sp³-hybridized carbons (Fsp3) is 0.588. The molecule has 3 rings (SSSR count). The van der Waals surface area contributed by atoms with Gasteiger partial charge in [0.15, 0.2) is 4.34 Å². The number of aromatic nitrogens is 2. The number of rotatable bonds is 9. The van der Waals surface area contributed by atoms with Gasteiger partial charge >= 0.3 is 0 Å². The predicted molar refractivity (Wildman–Crippen MR) is 107 cm³/mol. The first-order valence-corrected chi connectivity index (χ1v) is 11.5. The molecule has 0 aliphatic heterocycles. The number of carbonyl (C=O) groups excluding carboxylic acids is 1. The van der Waals surface area contributed by atoms with Gasteiger partial charge in [-0.15, -0.1) is 21.5 Å². The molecule has 2 aromatic heterocycles. The minimum atomic E-state index is 0.0954. The maximum atomic E-state index is 12.0. The number of hydrogen-bond acceptors (Lipinski definition) is 7. The van der Waals surface area contributed by atoms with Gasteiger partial charge in [-0.05, 0) is 36.6 Å². The second-order valence-corrected chi connectivity index (χ2v) is 9.46. The molecule has 0 radical (unpaired) electrons. The van der Waals surface area contributed by atoms with Crippen LogP contribution in [-0.2, 0) is 11.2 Å². The van der Waals surface area contributed by atoms with Crippen LogP contribution in [0, 0.1) is 5.92 Å². The summed E-state index contributed by atoms with van der Waals surface area (Å²) in [6, 6.07) is 4.21. The molecule has 8 heteroatoms. The predicted octanol–water partition coefficient (Wildman–Crippen LogP) is 4.04. The minimum absolute atomic E-state index is 0.0954. The summed E-state index contributed by atoms with van der Waals surface area (Å²) in [5.41, 5.74) is 0. The SMILES string of the molecule is O=C(CSc1nnc(NCCc2cccs2)s1)NCC1CCCCC1. The monoisotopic (exact) mass is 396 g/mol. The van der Waals surface area contributed by atoms with E-state index in [0.717, 1.165) is 29.0 Å². The fourth-order valence-electron chi connectivity index (χ4n) is 2.91. The van der Waals surface area contributed by atoms with E-state index in [2.05, 4.69) is 38.3 Å². The number of anilines is 1. The van der Waals surface area contributed by atoms with Gasteiger partial charge in [0.25, 0.3) is 0 Å². The van der Waals surface area contributed by atoms with Crippen LogP contribution in [-0.4, -0.2) is 34.9 Å². The molecule has 1 aliphatic carbocycles. The van der Waals surface area contributed by atoms with E-state index in [1.165, 1.54) is 60.1 Å². The summed E-state index contributed by atoms with van der Waals surface area (Å²) >= 11 is 4.74. The summed E-state index contributed by atoms with van der Waals surface area (Å²) in [6.07, 6.45) is 7.46. The highest BCUT2D eigenvalue weighted by atomic mass is 32.2. The summed E-state index contributed by atoms with van der Waals surface area (Å²) < 4.78 is 0.839. The lowest BCUT2D eigenvalue weighted by Crippen LogP contribution is -2.31. The van der Waals surface area contributed by atoms with Gasteiger partial charge in [0.1, 0.15) is 0 Å². The van der Waals surface area contributed by atoms with Crippen LogP contribution in [0.2, 0.25) is 0 Å². The first kappa shape index (κ1) is 18.7. The summed E-state index contributed by atoms with van der Waals surface area (Å²) in [5, 5.41) is 17.6. The molecule has 0 unspecified atom stereocenters. The van der Waals surface area contributed by atoms with Crippen molar-refractivity contribution in [2.45, 2.75) is 42.9 Å². The Balaban J connectivity index is 1.31. The van der Waals surface area contributed by atoms with Crippen molar-refractivity contribution in [3.63, 3.8) is 0 Å². The summed E-state index contributed by atoms with van der Waals surface area (Å²) in [7, 11) is 0. The van der Waals surface area contributed by atoms with Crippen molar-refractivity contribution in [2.24, 2.45) is 5.92 Å². The van der Waals surface area contributed by atoms with Gasteiger partial charge in [0.2, 0.25) is 11.0 Å². The molecule has 2 aromatic rings. The molecule has 1 fully saturated rings. The number of thioether (sulfide) groups is 1. The van der Waals surface area contributed by atoms with Crippen LogP contribution >= 0.6 is 34.4 Å². The highest BCUT2D eigenvalue weighted by Crippen LogP contribution is 2.26. The third kappa shape index (κ3) is 6.60. The number of thiophene rings is 1. The second kappa shape index (κ2) is 10.1. The number of nitrogens with one attached hydrogen (secondary N) is 2. The van der Waals surface area contributed by atoms with E-state index in [9.17, 15) is 4.79 Å². The lowest BCUT2D eigenvalue weighted by molar-refractivity contribution is -0.118. The third-order valence-corrected chi connectivity index (χ3v) is 7.22. The number of hydrogen-bond donors (Lipinski definition) is 2. The summed E-state index contributed by atoms with van der Waals surface area (Å²) in [5.74, 6) is 1.18. The average Bonchev–Trinajstić information content (AvgIpc) is 3.31. The maximum Gasteiger partial charge on any atom is 0.230 e. The molecule has 0 saturated heterocycles. The second-order valence-electron chi connectivity index (χ2n) is 6.23. The van der Waals surface area contributed by atoms with Crippen molar-refractivity contribution in [1.29, 1.82) is 0 Å². The van der Waals surface area contributed by atoms with Crippen molar-refractivity contribution in [3.8, 4) is 0 Å². The molecule has 0 aromatic carbocycles. The summed E-state index contributed by atoms with van der Waals surface area (Å²) in [6.45, 7) is 1.67. The number of carbonyl (C=O) groups is 1. The van der Waals surface area contributed by atoms with Gasteiger partial charge in [0.05, 0.1) is 5.75 Å². The molecule has 5 nitrogen and oxygen atoms in total. The Morgan fingerprint density at radius 3 is 2.96 bits per heavy atom. The molecule has 136 valence electrons. The van der Waals surface area contributed by atoms with Crippen LogP contribution in [0.15, 0.2) is 21.9 Å². The first-order chi connectivity index (χ1) is 12.3. The molecule has 1 saturated carbocycles. The zero-order valence-corrected chi connectivity index (χ0v) is 16.7. The van der Waals surface area contributed by atoms with E-state index in [0.29, 0.717) is 11.7 Å². The van der Waals surface area contributed by atoms with Crippen molar-refractivity contribution < 1.29 is 4.79 Å². The summed E-state index contributed by atoms with van der Waals surface area (Å²) in [4.78, 5) is 13.3. The Hall–Kier alpha value is -1.12. The van der Waals surface area contributed by atoms with Crippen molar-refractivity contribution in [2.75, 3.05) is 24.2 Å². The highest BCUT2D eigenvalue weighted by molar-refractivity contribution is 8.01. The Labute approximate surface area is 161 Å². The fourth-order valence-corrected chi connectivity index (χ4v) is 5.23. The normalized spacial score (nSPS) is 15.2. The Morgan fingerprint density at radius 1 is 1.28 bits per heavy atom. The molecule has 2 N–H and O–H groups in total. The maximum absolute atomic E-state index is 12.0. The van der Waals surface area contributed by atoms with Crippen LogP contribution in [0.5, 0.6) is 0 Å². The van der Waals surface area contributed by atoms with Crippen molar-refractivity contribution in [1.82, 2.24) is 15.5 Å². The van der Waals surface area contributed by atoms with Crippen LogP contribution in [0.1, 0.15) is 37.0 Å². The number of amides is 1. The van der Waals surface area contributed by atoms with Gasteiger partial charge in [-0.1, -0.05) is 48.4 Å². The molecule has 1 amide bonds. The van der Waals surface area contributed by atoms with Gasteiger partial charge in [0, 0.05) is 18.0 Å². The van der Waals surface area contributed by atoms with Crippen molar-refractivity contribution in [3.05, 3.63) is 22.4 Å². The van der Waals surface area contributed by atoms with Crippen LogP contribution in [0.4, 0.5) is 5.13 Å². The molecule has 0 spiro atoms. The molecule has 1 aliphatic rings. The quantitative estimate of drug-likeness (QED) is 0.626. The van der Waals surface area contributed by atoms with E-state index >= 15 is 0 Å². The molecule has 2 heterocycles. The van der Waals surface area contributed by atoms with E-state index in [-0.39, 0.29) is 5.91 Å². The largest absolute Gasteiger partial charge is 0.360 e. The van der Waals surface area contributed by atoms with E-state index in [4.69, 9.17) is 0 Å². The van der Waals surface area contributed by atoms with Gasteiger partial charge in [-0.25, -0.2) is 0 Å². The lowest BCUT2D eigenvalue weighted by Gasteiger charge is -2.21. The van der Waals surface area contributed by atoms with E-state index in [1.807, 2.05) is 0 Å². The molecular weight excluding hydrogens is 372 g/mol. The Bertz CT molecular complexity index is 638. The van der Waals surface area contributed by atoms with Crippen molar-refractivity contribution >= 4 is 45.5 Å². The smallest absolute Gasteiger partial charge is 0.230 e. The van der Waals surface area contributed by atoms with Gasteiger partial charge in [-0.3, -0.25) is 4.79 Å². The topological polar surface area (TPSA) is 66.9 Å². The zero-order chi connectivity index (χ0) is 17.3. The average molecular weight is 397 g/mol. The lowest BCUT2D eigenvalue weighted by atomic mass is 9.89. The molecular formula is C17H24N4OS3. The third-order valence-electron chi connectivity index (χ3n) is 4.27. The number of nitrogens with zero attached hydrogens (tertiary/aromatic N) is 2. The van der Waals surface area contributed by atoms with E-state index in [1.54, 1.807) is 11.3 Å². The van der Waals surface area contributed by atoms with Crippen LogP contribution in [0.25, 0.3) is 0 Å². The van der Waals surface area contributed by atoms with E-state index < -0.39 is 0 Å². The van der Waals surface area contributed by atoms with Crippen LogP contribution < -0.4 is 10.6 Å². The highest BCUT2D eigenvalue weighted by Gasteiger charge is 2.14. The standard InChI is InChI=1S/C17H24N4OS3/c22-15(19-11-13-5-2-1-3-6-13)12-24-17-21-20-16(25-17)18-9-8-14-7-4-10-23-14/h4,7,10,13H,1-3,5-6,8-9,11-12H2,(H,18,20)(H,19,22). The first-order valence-electron chi connectivity index (χ1n) is 8.79. The molecule has 0 atom stereocenters. The zero-order valence-electron chi connectivity index (χ0n) is 14.2.